The molecule has 0 aromatic rings. The lowest BCUT2D eigenvalue weighted by Crippen LogP contribution is -1.82. The second-order valence-corrected chi connectivity index (χ2v) is 4.90. The van der Waals surface area contributed by atoms with Crippen molar-refractivity contribution in [1.29, 1.82) is 0 Å². The first-order valence-corrected chi connectivity index (χ1v) is 7.59. The van der Waals surface area contributed by atoms with Crippen LogP contribution in [0.1, 0.15) is 84.0 Å². The van der Waals surface area contributed by atoms with E-state index in [4.69, 9.17) is 0 Å². The minimum atomic E-state index is 0.999. The highest BCUT2D eigenvalue weighted by Gasteiger charge is 1.92. The molecule has 0 atom stereocenters. The van der Waals surface area contributed by atoms with Gasteiger partial charge >= 0.3 is 6.47 Å². The summed E-state index contributed by atoms with van der Waals surface area (Å²) in [4.78, 5) is 9.72. The van der Waals surface area contributed by atoms with Gasteiger partial charge in [-0.05, 0) is 18.9 Å². The number of carbonyl (C=O) groups excluding carboxylic acids is 1. The minimum Gasteiger partial charge on any atom is -0.426 e. The minimum absolute atomic E-state index is 0.999. The van der Waals surface area contributed by atoms with Gasteiger partial charge in [0.05, 0.1) is 6.26 Å². The molecule has 0 bridgehead atoms. The molecule has 0 aromatic heterocycles. The van der Waals surface area contributed by atoms with E-state index >= 15 is 0 Å². The fraction of sp³-hybridized carbons (Fsp3) is 0.812. The summed E-state index contributed by atoms with van der Waals surface area (Å²) in [6, 6.07) is 0. The molecule has 0 aliphatic heterocycles. The summed E-state index contributed by atoms with van der Waals surface area (Å²) in [5, 5.41) is 0. The van der Waals surface area contributed by atoms with Crippen LogP contribution in [0.25, 0.3) is 0 Å². The SMILES string of the molecule is CCCCCCCCCCCCC/C=C/O[C]=O. The largest absolute Gasteiger partial charge is 0.426 e. The lowest BCUT2D eigenvalue weighted by molar-refractivity contribution is 0.396. The summed E-state index contributed by atoms with van der Waals surface area (Å²) in [5.74, 6) is 0. The molecule has 1 radical (unpaired) electrons. The van der Waals surface area contributed by atoms with Crippen molar-refractivity contribution in [2.75, 3.05) is 0 Å². The van der Waals surface area contributed by atoms with Gasteiger partial charge in [-0.2, -0.15) is 0 Å². The average molecular weight is 253 g/mol. The second-order valence-electron chi connectivity index (χ2n) is 4.90. The fourth-order valence-electron chi connectivity index (χ4n) is 2.07. The molecule has 0 rings (SSSR count). The highest BCUT2D eigenvalue weighted by molar-refractivity contribution is 5.39. The van der Waals surface area contributed by atoms with Crippen molar-refractivity contribution in [3.8, 4) is 0 Å². The van der Waals surface area contributed by atoms with Gasteiger partial charge in [-0.3, -0.25) is 0 Å². The van der Waals surface area contributed by atoms with Crippen molar-refractivity contribution in [3.05, 3.63) is 12.3 Å². The number of hydrogen-bond acceptors (Lipinski definition) is 2. The summed E-state index contributed by atoms with van der Waals surface area (Å²) in [6.45, 7) is 3.64. The van der Waals surface area contributed by atoms with Crippen LogP contribution in [-0.2, 0) is 9.53 Å². The number of hydrogen-bond donors (Lipinski definition) is 0. The third-order valence-electron chi connectivity index (χ3n) is 3.19. The Bertz CT molecular complexity index is 188. The van der Waals surface area contributed by atoms with E-state index in [1.165, 1.54) is 83.4 Å². The van der Waals surface area contributed by atoms with Crippen LogP contribution in [0, 0.1) is 0 Å². The van der Waals surface area contributed by atoms with Crippen molar-refractivity contribution < 1.29 is 9.53 Å². The molecule has 0 spiro atoms. The summed E-state index contributed by atoms with van der Waals surface area (Å²) in [5.41, 5.74) is 0. The monoisotopic (exact) mass is 253 g/mol. The molecule has 0 amide bonds. The van der Waals surface area contributed by atoms with Gasteiger partial charge in [0.15, 0.2) is 0 Å². The van der Waals surface area contributed by atoms with E-state index in [1.54, 1.807) is 0 Å². The van der Waals surface area contributed by atoms with Gasteiger partial charge in [-0.25, -0.2) is 4.79 Å². The molecule has 0 unspecified atom stereocenters. The predicted molar refractivity (Wildman–Crippen MR) is 77.0 cm³/mol. The predicted octanol–water partition coefficient (Wildman–Crippen LogP) is 5.29. The normalized spacial score (nSPS) is 10.9. The van der Waals surface area contributed by atoms with Crippen LogP contribution >= 0.6 is 0 Å². The molecule has 0 saturated carbocycles. The Balaban J connectivity index is 2.96. The number of allylic oxidation sites excluding steroid dienone is 1. The molecule has 18 heavy (non-hydrogen) atoms. The zero-order valence-electron chi connectivity index (χ0n) is 12.0. The molecule has 105 valence electrons. The summed E-state index contributed by atoms with van der Waals surface area (Å²) in [7, 11) is 0. The quantitative estimate of drug-likeness (QED) is 0.311. The summed E-state index contributed by atoms with van der Waals surface area (Å²) >= 11 is 0. The summed E-state index contributed by atoms with van der Waals surface area (Å²) in [6.07, 6.45) is 19.3. The number of unbranched alkanes of at least 4 members (excludes halogenated alkanes) is 11. The van der Waals surface area contributed by atoms with Crippen LogP contribution in [0.4, 0.5) is 0 Å². The lowest BCUT2D eigenvalue weighted by Gasteiger charge is -2.01. The van der Waals surface area contributed by atoms with E-state index in [0.717, 1.165) is 6.42 Å². The highest BCUT2D eigenvalue weighted by Crippen LogP contribution is 2.11. The molecule has 0 aliphatic rings. The van der Waals surface area contributed by atoms with Crippen LogP contribution in [0.3, 0.4) is 0 Å². The Morgan fingerprint density at radius 2 is 1.33 bits per heavy atom. The van der Waals surface area contributed by atoms with Crippen LogP contribution in [0.15, 0.2) is 12.3 Å². The molecular formula is C16H29O2. The maximum Gasteiger partial charge on any atom is 0.422 e. The Morgan fingerprint density at radius 3 is 1.83 bits per heavy atom. The topological polar surface area (TPSA) is 26.3 Å². The Hall–Kier alpha value is -0.790. The first-order chi connectivity index (χ1) is 8.91. The maximum absolute atomic E-state index is 9.72. The van der Waals surface area contributed by atoms with Crippen LogP contribution in [0.5, 0.6) is 0 Å². The molecule has 0 fully saturated rings. The van der Waals surface area contributed by atoms with E-state index in [-0.39, 0.29) is 0 Å². The van der Waals surface area contributed by atoms with E-state index in [1.807, 2.05) is 6.08 Å². The molecule has 0 heterocycles. The van der Waals surface area contributed by atoms with Crippen molar-refractivity contribution in [1.82, 2.24) is 0 Å². The van der Waals surface area contributed by atoms with Gasteiger partial charge in [-0.15, -0.1) is 0 Å². The summed E-state index contributed by atoms with van der Waals surface area (Å²) < 4.78 is 4.35. The molecular weight excluding hydrogens is 224 g/mol. The van der Waals surface area contributed by atoms with Gasteiger partial charge in [-0.1, -0.05) is 71.1 Å². The molecule has 2 nitrogen and oxygen atoms in total. The lowest BCUT2D eigenvalue weighted by atomic mass is 10.1. The molecule has 2 heteroatoms. The first-order valence-electron chi connectivity index (χ1n) is 7.59. The van der Waals surface area contributed by atoms with E-state index in [2.05, 4.69) is 11.7 Å². The van der Waals surface area contributed by atoms with Gasteiger partial charge in [0.1, 0.15) is 0 Å². The Labute approximate surface area is 113 Å². The smallest absolute Gasteiger partial charge is 0.422 e. The van der Waals surface area contributed by atoms with Gasteiger partial charge < -0.3 is 4.74 Å². The van der Waals surface area contributed by atoms with E-state index in [0.29, 0.717) is 0 Å². The molecule has 0 saturated heterocycles. The van der Waals surface area contributed by atoms with Crippen molar-refractivity contribution in [2.45, 2.75) is 84.0 Å². The molecule has 0 aliphatic carbocycles. The van der Waals surface area contributed by atoms with Crippen LogP contribution in [0.2, 0.25) is 0 Å². The van der Waals surface area contributed by atoms with Gasteiger partial charge in [0.25, 0.3) is 0 Å². The third-order valence-corrected chi connectivity index (χ3v) is 3.19. The second kappa shape index (κ2) is 16.2. The van der Waals surface area contributed by atoms with Crippen molar-refractivity contribution in [2.24, 2.45) is 0 Å². The van der Waals surface area contributed by atoms with Gasteiger partial charge in [0.2, 0.25) is 0 Å². The average Bonchev–Trinajstić information content (AvgIpc) is 2.39. The van der Waals surface area contributed by atoms with E-state index < -0.39 is 0 Å². The highest BCUT2D eigenvalue weighted by atomic mass is 16.5. The first kappa shape index (κ1) is 17.2. The van der Waals surface area contributed by atoms with Crippen LogP contribution in [-0.4, -0.2) is 6.47 Å². The zero-order valence-corrected chi connectivity index (χ0v) is 12.0. The zero-order chi connectivity index (χ0) is 13.3. The van der Waals surface area contributed by atoms with Crippen molar-refractivity contribution >= 4 is 6.47 Å². The molecule has 0 N–H and O–H groups in total. The van der Waals surface area contributed by atoms with Crippen molar-refractivity contribution in [3.63, 3.8) is 0 Å². The fourth-order valence-corrected chi connectivity index (χ4v) is 2.07. The Kier molecular flexibility index (Phi) is 15.5. The number of rotatable bonds is 14. The van der Waals surface area contributed by atoms with Crippen LogP contribution < -0.4 is 0 Å². The Morgan fingerprint density at radius 1 is 0.833 bits per heavy atom. The molecule has 0 aromatic carbocycles. The third kappa shape index (κ3) is 15.2. The van der Waals surface area contributed by atoms with Gasteiger partial charge in [0, 0.05) is 0 Å². The maximum atomic E-state index is 9.72. The van der Waals surface area contributed by atoms with E-state index in [9.17, 15) is 4.79 Å². The standard InChI is InChI=1S/C16H29O2/c1-2-3-4-5-6-7-8-9-10-11-12-13-14-15-18-16-17/h14-15H,2-13H2,1H3/b15-14+. The number of ether oxygens (including phenoxy) is 1.